The van der Waals surface area contributed by atoms with Crippen molar-refractivity contribution in [2.24, 2.45) is 0 Å². The third-order valence-electron chi connectivity index (χ3n) is 3.86. The van der Waals surface area contributed by atoms with Gasteiger partial charge in [0.05, 0.1) is 23.4 Å². The smallest absolute Gasteiger partial charge is 0.228 e. The van der Waals surface area contributed by atoms with Gasteiger partial charge in [-0.15, -0.1) is 0 Å². The van der Waals surface area contributed by atoms with Gasteiger partial charge in [-0.3, -0.25) is 0 Å². The summed E-state index contributed by atoms with van der Waals surface area (Å²) in [5.74, 6) is 1.65. The van der Waals surface area contributed by atoms with E-state index < -0.39 is 0 Å². The van der Waals surface area contributed by atoms with E-state index in [9.17, 15) is 0 Å². The lowest BCUT2D eigenvalue weighted by atomic mass is 10.0. The molecule has 7 heteroatoms. The van der Waals surface area contributed by atoms with Gasteiger partial charge in [-0.1, -0.05) is 23.2 Å². The number of aromatic nitrogens is 2. The van der Waals surface area contributed by atoms with Crippen molar-refractivity contribution in [3.05, 3.63) is 23.0 Å². The monoisotopic (exact) mass is 322 g/mol. The molecule has 22 heavy (non-hydrogen) atoms. The first-order chi connectivity index (χ1) is 10.7. The van der Waals surface area contributed by atoms with Crippen LogP contribution in [0.4, 0.5) is 5.69 Å². The molecule has 0 bridgehead atoms. The molecule has 1 fully saturated rings. The van der Waals surface area contributed by atoms with Crippen molar-refractivity contribution in [1.29, 1.82) is 0 Å². The predicted octanol–water partition coefficient (Wildman–Crippen LogP) is 2.67. The molecule has 3 rings (SSSR count). The summed E-state index contributed by atoms with van der Waals surface area (Å²) in [5.41, 5.74) is 6.92. The van der Waals surface area contributed by atoms with E-state index in [0.29, 0.717) is 39.8 Å². The van der Waals surface area contributed by atoms with Crippen molar-refractivity contribution < 1.29 is 9.26 Å². The molecule has 1 aromatic carbocycles. The molecule has 1 atom stereocenters. The Kier molecular flexibility index (Phi) is 4.49. The van der Waals surface area contributed by atoms with Crippen LogP contribution in [0.1, 0.15) is 25.2 Å². The molecule has 1 aliphatic heterocycles. The first-order valence-electron chi connectivity index (χ1n) is 7.36. The maximum absolute atomic E-state index is 6.08. The van der Waals surface area contributed by atoms with E-state index in [1.165, 1.54) is 12.8 Å². The minimum Gasteiger partial charge on any atom is -0.496 e. The van der Waals surface area contributed by atoms with Gasteiger partial charge in [-0.25, -0.2) is 0 Å². The van der Waals surface area contributed by atoms with Crippen LogP contribution in [0.3, 0.4) is 0 Å². The second kappa shape index (κ2) is 6.54. The number of halogens is 1. The molecular formula is C15H19ClN4O2. The van der Waals surface area contributed by atoms with Crippen molar-refractivity contribution in [3.8, 4) is 17.1 Å². The predicted molar refractivity (Wildman–Crippen MR) is 85.1 cm³/mol. The van der Waals surface area contributed by atoms with Gasteiger partial charge in [0.25, 0.3) is 0 Å². The number of nitrogen functional groups attached to an aromatic ring is 1. The molecule has 2 aromatic rings. The van der Waals surface area contributed by atoms with Crippen molar-refractivity contribution in [2.75, 3.05) is 19.4 Å². The third kappa shape index (κ3) is 3.18. The number of methoxy groups -OCH3 is 1. The van der Waals surface area contributed by atoms with Crippen LogP contribution in [-0.4, -0.2) is 29.8 Å². The van der Waals surface area contributed by atoms with Gasteiger partial charge in [0.15, 0.2) is 0 Å². The Morgan fingerprint density at radius 1 is 1.45 bits per heavy atom. The van der Waals surface area contributed by atoms with E-state index in [2.05, 4.69) is 15.5 Å². The molecule has 118 valence electrons. The first-order valence-corrected chi connectivity index (χ1v) is 7.74. The Morgan fingerprint density at radius 3 is 3.05 bits per heavy atom. The minimum atomic E-state index is 0.402. The number of benzene rings is 1. The molecule has 1 saturated heterocycles. The molecule has 6 nitrogen and oxygen atoms in total. The summed E-state index contributed by atoms with van der Waals surface area (Å²) in [7, 11) is 1.57. The summed E-state index contributed by atoms with van der Waals surface area (Å²) < 4.78 is 10.7. The topological polar surface area (TPSA) is 86.2 Å². The summed E-state index contributed by atoms with van der Waals surface area (Å²) in [6.45, 7) is 1.05. The van der Waals surface area contributed by atoms with E-state index >= 15 is 0 Å². The fourth-order valence-electron chi connectivity index (χ4n) is 2.67. The first kappa shape index (κ1) is 15.1. The van der Waals surface area contributed by atoms with E-state index in [0.717, 1.165) is 19.4 Å². The quantitative estimate of drug-likeness (QED) is 0.842. The summed E-state index contributed by atoms with van der Waals surface area (Å²) in [5, 5.41) is 7.94. The molecule has 2 heterocycles. The lowest BCUT2D eigenvalue weighted by molar-refractivity contribution is 0.331. The molecule has 0 amide bonds. The SMILES string of the molecule is COc1cc(N)c(Cl)cc1-c1noc(CC2CCCCN2)n1. The average Bonchev–Trinajstić information content (AvgIpc) is 2.99. The zero-order chi connectivity index (χ0) is 15.5. The maximum atomic E-state index is 6.08. The fourth-order valence-corrected chi connectivity index (χ4v) is 2.83. The number of nitrogens with zero attached hydrogens (tertiary/aromatic N) is 2. The van der Waals surface area contributed by atoms with E-state index in [1.54, 1.807) is 19.2 Å². The molecule has 1 aromatic heterocycles. The van der Waals surface area contributed by atoms with Gasteiger partial charge >= 0.3 is 0 Å². The lowest BCUT2D eigenvalue weighted by Crippen LogP contribution is -2.35. The Balaban J connectivity index is 1.82. The largest absolute Gasteiger partial charge is 0.496 e. The van der Waals surface area contributed by atoms with E-state index in [1.807, 2.05) is 0 Å². The highest BCUT2D eigenvalue weighted by molar-refractivity contribution is 6.33. The number of hydrogen-bond donors (Lipinski definition) is 2. The van der Waals surface area contributed by atoms with Gasteiger partial charge in [0.2, 0.25) is 11.7 Å². The van der Waals surface area contributed by atoms with Crippen molar-refractivity contribution in [3.63, 3.8) is 0 Å². The van der Waals surface area contributed by atoms with E-state index in [4.69, 9.17) is 26.6 Å². The van der Waals surface area contributed by atoms with Crippen molar-refractivity contribution in [2.45, 2.75) is 31.7 Å². The average molecular weight is 323 g/mol. The van der Waals surface area contributed by atoms with Crippen LogP contribution < -0.4 is 15.8 Å². The van der Waals surface area contributed by atoms with Gasteiger partial charge in [0, 0.05) is 18.5 Å². The summed E-state index contributed by atoms with van der Waals surface area (Å²) >= 11 is 6.08. The van der Waals surface area contributed by atoms with E-state index in [-0.39, 0.29) is 0 Å². The van der Waals surface area contributed by atoms with Crippen molar-refractivity contribution >= 4 is 17.3 Å². The number of piperidine rings is 1. The van der Waals surface area contributed by atoms with Crippen LogP contribution in [0.5, 0.6) is 5.75 Å². The fraction of sp³-hybridized carbons (Fsp3) is 0.467. The summed E-state index contributed by atoms with van der Waals surface area (Å²) in [4.78, 5) is 4.46. The Labute approximate surface area is 134 Å². The van der Waals surface area contributed by atoms with Crippen molar-refractivity contribution in [1.82, 2.24) is 15.5 Å². The summed E-state index contributed by atoms with van der Waals surface area (Å²) in [6, 6.07) is 3.76. The highest BCUT2D eigenvalue weighted by Gasteiger charge is 2.19. The molecule has 3 N–H and O–H groups in total. The molecular weight excluding hydrogens is 304 g/mol. The minimum absolute atomic E-state index is 0.402. The number of hydrogen-bond acceptors (Lipinski definition) is 6. The zero-order valence-electron chi connectivity index (χ0n) is 12.4. The van der Waals surface area contributed by atoms with Crippen LogP contribution in [0.25, 0.3) is 11.4 Å². The Morgan fingerprint density at radius 2 is 2.32 bits per heavy atom. The number of nitrogens with two attached hydrogens (primary N) is 1. The Bertz CT molecular complexity index is 653. The third-order valence-corrected chi connectivity index (χ3v) is 4.19. The van der Waals surface area contributed by atoms with Crippen LogP contribution in [0.2, 0.25) is 5.02 Å². The normalized spacial score (nSPS) is 18.4. The standard InChI is InChI=1S/C15H19ClN4O2/c1-21-13-8-12(17)11(16)7-10(13)15-19-14(22-20-15)6-9-4-2-3-5-18-9/h7-9,18H,2-6,17H2,1H3. The molecule has 1 aliphatic rings. The van der Waals surface area contributed by atoms with Gasteiger partial charge in [-0.2, -0.15) is 4.98 Å². The van der Waals surface area contributed by atoms with Gasteiger partial charge in [0.1, 0.15) is 5.75 Å². The molecule has 0 saturated carbocycles. The number of nitrogens with one attached hydrogen (secondary N) is 1. The van der Waals surface area contributed by atoms with Gasteiger partial charge in [-0.05, 0) is 25.5 Å². The lowest BCUT2D eigenvalue weighted by Gasteiger charge is -2.21. The van der Waals surface area contributed by atoms with Crippen LogP contribution in [0, 0.1) is 0 Å². The second-order valence-corrected chi connectivity index (χ2v) is 5.84. The highest BCUT2D eigenvalue weighted by Crippen LogP contribution is 2.34. The number of rotatable bonds is 4. The molecule has 0 radical (unpaired) electrons. The van der Waals surface area contributed by atoms with Crippen LogP contribution in [0.15, 0.2) is 16.7 Å². The summed E-state index contributed by atoms with van der Waals surface area (Å²) in [6.07, 6.45) is 4.33. The maximum Gasteiger partial charge on any atom is 0.228 e. The van der Waals surface area contributed by atoms with Crippen LogP contribution >= 0.6 is 11.6 Å². The molecule has 0 aliphatic carbocycles. The van der Waals surface area contributed by atoms with Gasteiger partial charge < -0.3 is 20.3 Å². The highest BCUT2D eigenvalue weighted by atomic mass is 35.5. The second-order valence-electron chi connectivity index (χ2n) is 5.44. The Hall–Kier alpha value is -1.79. The van der Waals surface area contributed by atoms with Crippen LogP contribution in [-0.2, 0) is 6.42 Å². The number of ether oxygens (including phenoxy) is 1. The molecule has 1 unspecified atom stereocenters. The zero-order valence-corrected chi connectivity index (χ0v) is 13.2. The number of anilines is 1. The molecule has 0 spiro atoms.